The SMILES string of the molecule is CN=C(N)NCCc1ccc(OC)c(OC)c1OC.I. The molecule has 0 radical (unpaired) electrons. The first-order valence-corrected chi connectivity index (χ1v) is 5.91. The molecule has 0 fully saturated rings. The average molecular weight is 395 g/mol. The summed E-state index contributed by atoms with van der Waals surface area (Å²) in [5.41, 5.74) is 6.58. The van der Waals surface area contributed by atoms with Gasteiger partial charge in [0.05, 0.1) is 21.3 Å². The average Bonchev–Trinajstić information content (AvgIpc) is 2.45. The summed E-state index contributed by atoms with van der Waals surface area (Å²) in [6, 6.07) is 3.80. The van der Waals surface area contributed by atoms with Crippen LogP contribution in [0.5, 0.6) is 17.2 Å². The Bertz CT molecular complexity index is 453. The number of nitrogens with one attached hydrogen (secondary N) is 1. The van der Waals surface area contributed by atoms with E-state index in [4.69, 9.17) is 19.9 Å². The molecular formula is C13H22IN3O3. The first kappa shape index (κ1) is 18.6. The Morgan fingerprint density at radius 1 is 1.15 bits per heavy atom. The van der Waals surface area contributed by atoms with Crippen molar-refractivity contribution < 1.29 is 14.2 Å². The fourth-order valence-corrected chi connectivity index (χ4v) is 1.76. The lowest BCUT2D eigenvalue weighted by molar-refractivity contribution is 0.322. The first-order valence-electron chi connectivity index (χ1n) is 5.91. The third-order valence-corrected chi connectivity index (χ3v) is 2.73. The molecule has 0 atom stereocenters. The van der Waals surface area contributed by atoms with E-state index in [1.54, 1.807) is 28.4 Å². The number of hydrogen-bond acceptors (Lipinski definition) is 4. The molecule has 0 aliphatic rings. The number of aliphatic imine (C=N–C) groups is 1. The lowest BCUT2D eigenvalue weighted by atomic mass is 10.1. The predicted octanol–water partition coefficient (Wildman–Crippen LogP) is 1.41. The van der Waals surface area contributed by atoms with Gasteiger partial charge in [-0.1, -0.05) is 6.07 Å². The second-order valence-electron chi connectivity index (χ2n) is 3.78. The molecular weight excluding hydrogens is 373 g/mol. The quantitative estimate of drug-likeness (QED) is 0.433. The van der Waals surface area contributed by atoms with Gasteiger partial charge in [0, 0.05) is 19.2 Å². The van der Waals surface area contributed by atoms with Crippen LogP contribution in [-0.4, -0.2) is 40.9 Å². The third kappa shape index (κ3) is 4.62. The van der Waals surface area contributed by atoms with Crippen molar-refractivity contribution in [2.75, 3.05) is 34.9 Å². The predicted molar refractivity (Wildman–Crippen MR) is 90.8 cm³/mol. The van der Waals surface area contributed by atoms with E-state index in [9.17, 15) is 0 Å². The number of nitrogens with zero attached hydrogens (tertiary/aromatic N) is 1. The minimum absolute atomic E-state index is 0. The highest BCUT2D eigenvalue weighted by Gasteiger charge is 2.15. The molecule has 0 saturated heterocycles. The van der Waals surface area contributed by atoms with Crippen LogP contribution < -0.4 is 25.3 Å². The van der Waals surface area contributed by atoms with Crippen molar-refractivity contribution in [3.8, 4) is 17.2 Å². The number of hydrogen-bond donors (Lipinski definition) is 2. The minimum Gasteiger partial charge on any atom is -0.493 e. The van der Waals surface area contributed by atoms with Crippen LogP contribution in [0.25, 0.3) is 0 Å². The lowest BCUT2D eigenvalue weighted by Gasteiger charge is -2.15. The molecule has 0 spiro atoms. The zero-order chi connectivity index (χ0) is 14.3. The maximum absolute atomic E-state index is 5.57. The van der Waals surface area contributed by atoms with Gasteiger partial charge in [-0.3, -0.25) is 4.99 Å². The van der Waals surface area contributed by atoms with E-state index in [0.29, 0.717) is 29.8 Å². The van der Waals surface area contributed by atoms with Crippen molar-refractivity contribution in [3.63, 3.8) is 0 Å². The minimum atomic E-state index is 0. The Morgan fingerprint density at radius 3 is 2.30 bits per heavy atom. The zero-order valence-electron chi connectivity index (χ0n) is 12.2. The molecule has 1 aromatic rings. The summed E-state index contributed by atoms with van der Waals surface area (Å²) in [7, 11) is 6.43. The van der Waals surface area contributed by atoms with Crippen LogP contribution in [0.2, 0.25) is 0 Å². The van der Waals surface area contributed by atoms with E-state index in [-0.39, 0.29) is 24.0 Å². The van der Waals surface area contributed by atoms with Gasteiger partial charge in [0.2, 0.25) is 5.75 Å². The van der Waals surface area contributed by atoms with E-state index >= 15 is 0 Å². The molecule has 0 heterocycles. The summed E-state index contributed by atoms with van der Waals surface area (Å²) in [5, 5.41) is 3.00. The zero-order valence-corrected chi connectivity index (χ0v) is 14.6. The number of ether oxygens (including phenoxy) is 3. The van der Waals surface area contributed by atoms with Crippen LogP contribution in [0.15, 0.2) is 17.1 Å². The van der Waals surface area contributed by atoms with Gasteiger partial charge in [-0.25, -0.2) is 0 Å². The van der Waals surface area contributed by atoms with Crippen LogP contribution in [0.4, 0.5) is 0 Å². The summed E-state index contributed by atoms with van der Waals surface area (Å²) in [4.78, 5) is 3.83. The summed E-state index contributed by atoms with van der Waals surface area (Å²) < 4.78 is 16.0. The van der Waals surface area contributed by atoms with Crippen molar-refractivity contribution in [1.29, 1.82) is 0 Å². The van der Waals surface area contributed by atoms with Crippen LogP contribution in [0.3, 0.4) is 0 Å². The van der Waals surface area contributed by atoms with Crippen LogP contribution in [0, 0.1) is 0 Å². The molecule has 0 aliphatic heterocycles. The Balaban J connectivity index is 0.00000361. The Morgan fingerprint density at radius 2 is 1.80 bits per heavy atom. The molecule has 20 heavy (non-hydrogen) atoms. The van der Waals surface area contributed by atoms with Gasteiger partial charge >= 0.3 is 0 Å². The number of rotatable bonds is 6. The van der Waals surface area contributed by atoms with Crippen LogP contribution in [0.1, 0.15) is 5.56 Å². The molecule has 1 rings (SSSR count). The van der Waals surface area contributed by atoms with Crippen molar-refractivity contribution >= 4 is 29.9 Å². The molecule has 0 unspecified atom stereocenters. The van der Waals surface area contributed by atoms with E-state index in [2.05, 4.69) is 10.3 Å². The van der Waals surface area contributed by atoms with Gasteiger partial charge in [0.15, 0.2) is 17.5 Å². The van der Waals surface area contributed by atoms with Gasteiger partial charge in [0.1, 0.15) is 0 Å². The van der Waals surface area contributed by atoms with Gasteiger partial charge in [-0.05, 0) is 12.5 Å². The number of benzene rings is 1. The smallest absolute Gasteiger partial charge is 0.203 e. The maximum atomic E-state index is 5.57. The van der Waals surface area contributed by atoms with Gasteiger partial charge in [-0.15, -0.1) is 24.0 Å². The molecule has 114 valence electrons. The molecule has 0 aliphatic carbocycles. The highest BCUT2D eigenvalue weighted by molar-refractivity contribution is 14.0. The van der Waals surface area contributed by atoms with E-state index < -0.39 is 0 Å². The number of guanidine groups is 1. The lowest BCUT2D eigenvalue weighted by Crippen LogP contribution is -2.32. The van der Waals surface area contributed by atoms with Crippen LogP contribution >= 0.6 is 24.0 Å². The highest BCUT2D eigenvalue weighted by atomic mass is 127. The summed E-state index contributed by atoms with van der Waals surface area (Å²) in [6.07, 6.45) is 0.736. The van der Waals surface area contributed by atoms with Crippen molar-refractivity contribution in [2.45, 2.75) is 6.42 Å². The Hall–Kier alpha value is -1.38. The molecule has 1 aromatic carbocycles. The molecule has 7 heteroatoms. The molecule has 0 saturated carbocycles. The standard InChI is InChI=1S/C13H21N3O3.HI/c1-15-13(14)16-8-7-9-5-6-10(17-2)12(19-4)11(9)18-3;/h5-6H,7-8H2,1-4H3,(H3,14,15,16);1H. The van der Waals surface area contributed by atoms with E-state index in [1.165, 1.54) is 0 Å². The second kappa shape index (κ2) is 9.51. The molecule has 0 bridgehead atoms. The highest BCUT2D eigenvalue weighted by Crippen LogP contribution is 2.39. The van der Waals surface area contributed by atoms with Gasteiger partial charge < -0.3 is 25.3 Å². The molecule has 6 nitrogen and oxygen atoms in total. The molecule has 3 N–H and O–H groups in total. The van der Waals surface area contributed by atoms with Gasteiger partial charge in [-0.2, -0.15) is 0 Å². The molecule has 0 aromatic heterocycles. The van der Waals surface area contributed by atoms with Crippen molar-refractivity contribution in [2.24, 2.45) is 10.7 Å². The summed E-state index contributed by atoms with van der Waals surface area (Å²) >= 11 is 0. The summed E-state index contributed by atoms with van der Waals surface area (Å²) in [6.45, 7) is 0.662. The number of nitrogens with two attached hydrogens (primary N) is 1. The summed E-state index contributed by atoms with van der Waals surface area (Å²) in [5.74, 6) is 2.33. The topological polar surface area (TPSA) is 78.1 Å². The fraction of sp³-hybridized carbons (Fsp3) is 0.462. The number of methoxy groups -OCH3 is 3. The Labute approximate surface area is 136 Å². The van der Waals surface area contributed by atoms with E-state index in [1.807, 2.05) is 12.1 Å². The first-order chi connectivity index (χ1) is 9.17. The van der Waals surface area contributed by atoms with E-state index in [0.717, 1.165) is 12.0 Å². The maximum Gasteiger partial charge on any atom is 0.203 e. The normalized spacial score (nSPS) is 10.5. The molecule has 0 amide bonds. The largest absolute Gasteiger partial charge is 0.493 e. The second-order valence-corrected chi connectivity index (χ2v) is 3.78. The van der Waals surface area contributed by atoms with Crippen molar-refractivity contribution in [1.82, 2.24) is 5.32 Å². The third-order valence-electron chi connectivity index (χ3n) is 2.73. The number of halogens is 1. The van der Waals surface area contributed by atoms with Crippen LogP contribution in [-0.2, 0) is 6.42 Å². The Kier molecular flexibility index (Phi) is 8.86. The van der Waals surface area contributed by atoms with Gasteiger partial charge in [0.25, 0.3) is 0 Å². The fourth-order valence-electron chi connectivity index (χ4n) is 1.76. The monoisotopic (exact) mass is 395 g/mol. The van der Waals surface area contributed by atoms with Crippen molar-refractivity contribution in [3.05, 3.63) is 17.7 Å².